The number of hydrogen-bond donors (Lipinski definition) is 1. The van der Waals surface area contributed by atoms with E-state index in [1.54, 1.807) is 6.20 Å². The zero-order valence-electron chi connectivity index (χ0n) is 11.3. The molecule has 1 heterocycles. The Bertz CT molecular complexity index is 417. The van der Waals surface area contributed by atoms with Crippen molar-refractivity contribution in [1.29, 1.82) is 5.26 Å². The molecule has 0 unspecified atom stereocenters. The molecule has 0 aliphatic heterocycles. The zero-order valence-corrected chi connectivity index (χ0v) is 12.1. The van der Waals surface area contributed by atoms with E-state index >= 15 is 0 Å². The van der Waals surface area contributed by atoms with Crippen molar-refractivity contribution in [3.05, 3.63) is 30.1 Å². The summed E-state index contributed by atoms with van der Waals surface area (Å²) in [7, 11) is 0. The van der Waals surface area contributed by atoms with Gasteiger partial charge in [-0.25, -0.2) is 0 Å². The van der Waals surface area contributed by atoms with E-state index in [1.165, 1.54) is 24.8 Å². The second-order valence-electron chi connectivity index (χ2n) is 5.49. The Balaban J connectivity index is 1.97. The van der Waals surface area contributed by atoms with Crippen LogP contribution in [0.5, 0.6) is 0 Å². The summed E-state index contributed by atoms with van der Waals surface area (Å²) >= 11 is 4.52. The fourth-order valence-electron chi connectivity index (χ4n) is 2.69. The van der Waals surface area contributed by atoms with E-state index in [1.807, 2.05) is 12.3 Å². The average molecular weight is 275 g/mol. The maximum Gasteiger partial charge on any atom is 0.0635 e. The molecule has 0 bridgehead atoms. The molecule has 0 aromatic carbocycles. The van der Waals surface area contributed by atoms with Crippen LogP contribution in [0.2, 0.25) is 0 Å². The lowest BCUT2D eigenvalue weighted by molar-refractivity contribution is 0.0872. The molecular formula is C15H21N3S. The van der Waals surface area contributed by atoms with Crippen LogP contribution in [0.4, 0.5) is 0 Å². The smallest absolute Gasteiger partial charge is 0.0635 e. The molecule has 0 amide bonds. The Kier molecular flexibility index (Phi) is 5.24. The largest absolute Gasteiger partial charge is 0.297 e. The Hall–Kier alpha value is -1.05. The van der Waals surface area contributed by atoms with Gasteiger partial charge < -0.3 is 0 Å². The lowest BCUT2D eigenvalue weighted by Crippen LogP contribution is -2.43. The van der Waals surface area contributed by atoms with Gasteiger partial charge in [0, 0.05) is 38.4 Å². The predicted octanol–water partition coefficient (Wildman–Crippen LogP) is 2.90. The second-order valence-corrected chi connectivity index (χ2v) is 5.81. The Morgan fingerprint density at radius 1 is 1.47 bits per heavy atom. The molecule has 1 aromatic heterocycles. The molecule has 102 valence electrons. The highest BCUT2D eigenvalue weighted by Crippen LogP contribution is 2.42. The monoisotopic (exact) mass is 275 g/mol. The standard InChI is InChI=1S/C15H21N3S/c16-7-3-9-18(11-14-4-1-8-17-10-14)12-15(13-19)5-2-6-15/h1,4,8,10,19H,2-3,5-6,9,11-13H2. The van der Waals surface area contributed by atoms with Crippen molar-refractivity contribution in [3.63, 3.8) is 0 Å². The molecule has 1 aliphatic carbocycles. The molecule has 0 N–H and O–H groups in total. The van der Waals surface area contributed by atoms with Crippen LogP contribution in [0.1, 0.15) is 31.2 Å². The van der Waals surface area contributed by atoms with Gasteiger partial charge >= 0.3 is 0 Å². The van der Waals surface area contributed by atoms with Crippen molar-refractivity contribution >= 4 is 12.6 Å². The maximum atomic E-state index is 8.80. The van der Waals surface area contributed by atoms with Crippen LogP contribution in [-0.2, 0) is 6.54 Å². The number of pyridine rings is 1. The summed E-state index contributed by atoms with van der Waals surface area (Å²) in [6.07, 6.45) is 8.15. The molecule has 2 rings (SSSR count). The summed E-state index contributed by atoms with van der Waals surface area (Å²) in [5, 5.41) is 8.80. The highest BCUT2D eigenvalue weighted by Gasteiger charge is 2.36. The lowest BCUT2D eigenvalue weighted by atomic mass is 9.70. The first-order valence-corrected chi connectivity index (χ1v) is 7.50. The molecule has 4 heteroatoms. The van der Waals surface area contributed by atoms with E-state index in [9.17, 15) is 0 Å². The molecular weight excluding hydrogens is 254 g/mol. The average Bonchev–Trinajstić information content (AvgIpc) is 2.41. The Morgan fingerprint density at radius 2 is 2.32 bits per heavy atom. The van der Waals surface area contributed by atoms with Crippen LogP contribution in [0, 0.1) is 16.7 Å². The number of nitriles is 1. The lowest BCUT2D eigenvalue weighted by Gasteiger charge is -2.44. The van der Waals surface area contributed by atoms with Crippen molar-refractivity contribution in [2.45, 2.75) is 32.2 Å². The van der Waals surface area contributed by atoms with Gasteiger partial charge in [0.15, 0.2) is 0 Å². The summed E-state index contributed by atoms with van der Waals surface area (Å²) in [5.41, 5.74) is 1.59. The summed E-state index contributed by atoms with van der Waals surface area (Å²) in [4.78, 5) is 6.55. The summed E-state index contributed by atoms with van der Waals surface area (Å²) < 4.78 is 0. The minimum Gasteiger partial charge on any atom is -0.297 e. The summed E-state index contributed by atoms with van der Waals surface area (Å²) in [6, 6.07) is 6.31. The van der Waals surface area contributed by atoms with E-state index in [4.69, 9.17) is 5.26 Å². The summed E-state index contributed by atoms with van der Waals surface area (Å²) in [5.74, 6) is 0.948. The molecule has 1 fully saturated rings. The quantitative estimate of drug-likeness (QED) is 0.778. The number of rotatable bonds is 7. The van der Waals surface area contributed by atoms with Crippen LogP contribution in [0.15, 0.2) is 24.5 Å². The van der Waals surface area contributed by atoms with Gasteiger partial charge in [-0.3, -0.25) is 9.88 Å². The van der Waals surface area contributed by atoms with Gasteiger partial charge in [0.1, 0.15) is 0 Å². The van der Waals surface area contributed by atoms with Gasteiger partial charge in [-0.1, -0.05) is 12.5 Å². The van der Waals surface area contributed by atoms with Crippen molar-refractivity contribution in [3.8, 4) is 6.07 Å². The third kappa shape index (κ3) is 3.95. The third-order valence-electron chi connectivity index (χ3n) is 3.98. The fourth-order valence-corrected chi connectivity index (χ4v) is 3.11. The molecule has 0 spiro atoms. The maximum absolute atomic E-state index is 8.80. The normalized spacial score (nSPS) is 16.9. The zero-order chi connectivity index (χ0) is 13.6. The first kappa shape index (κ1) is 14.4. The van der Waals surface area contributed by atoms with E-state index in [-0.39, 0.29) is 0 Å². The van der Waals surface area contributed by atoms with Gasteiger partial charge in [0.2, 0.25) is 0 Å². The van der Waals surface area contributed by atoms with Crippen LogP contribution < -0.4 is 0 Å². The van der Waals surface area contributed by atoms with Crippen molar-refractivity contribution in [1.82, 2.24) is 9.88 Å². The minimum absolute atomic E-state index is 0.376. The van der Waals surface area contributed by atoms with Gasteiger partial charge in [0.25, 0.3) is 0 Å². The van der Waals surface area contributed by atoms with Crippen molar-refractivity contribution < 1.29 is 0 Å². The first-order chi connectivity index (χ1) is 9.28. The van der Waals surface area contributed by atoms with Crippen LogP contribution >= 0.6 is 12.6 Å². The number of aromatic nitrogens is 1. The first-order valence-electron chi connectivity index (χ1n) is 6.87. The molecule has 0 saturated heterocycles. The Labute approximate surface area is 121 Å². The van der Waals surface area contributed by atoms with E-state index in [0.717, 1.165) is 25.4 Å². The van der Waals surface area contributed by atoms with E-state index in [0.29, 0.717) is 11.8 Å². The second kappa shape index (κ2) is 6.93. The topological polar surface area (TPSA) is 39.9 Å². The van der Waals surface area contributed by atoms with Crippen LogP contribution in [-0.4, -0.2) is 28.7 Å². The number of thiol groups is 1. The van der Waals surface area contributed by atoms with Crippen molar-refractivity contribution in [2.24, 2.45) is 5.41 Å². The molecule has 19 heavy (non-hydrogen) atoms. The van der Waals surface area contributed by atoms with E-state index < -0.39 is 0 Å². The third-order valence-corrected chi connectivity index (χ3v) is 4.65. The number of nitrogens with zero attached hydrogens (tertiary/aromatic N) is 3. The molecule has 0 radical (unpaired) electrons. The number of hydrogen-bond acceptors (Lipinski definition) is 4. The fraction of sp³-hybridized carbons (Fsp3) is 0.600. The van der Waals surface area contributed by atoms with Crippen molar-refractivity contribution in [2.75, 3.05) is 18.8 Å². The SMILES string of the molecule is N#CCCN(Cc1cccnc1)CC1(CS)CCC1. The van der Waals surface area contributed by atoms with E-state index in [2.05, 4.69) is 34.6 Å². The molecule has 1 saturated carbocycles. The minimum atomic E-state index is 0.376. The van der Waals surface area contributed by atoms with Gasteiger partial charge in [-0.15, -0.1) is 0 Å². The van der Waals surface area contributed by atoms with Gasteiger partial charge in [-0.2, -0.15) is 17.9 Å². The van der Waals surface area contributed by atoms with Crippen LogP contribution in [0.3, 0.4) is 0 Å². The molecule has 1 aromatic rings. The predicted molar refractivity (Wildman–Crippen MR) is 79.9 cm³/mol. The molecule has 1 aliphatic rings. The van der Waals surface area contributed by atoms with Crippen LogP contribution in [0.25, 0.3) is 0 Å². The van der Waals surface area contributed by atoms with Gasteiger partial charge in [0.05, 0.1) is 6.07 Å². The molecule has 0 atom stereocenters. The highest BCUT2D eigenvalue weighted by atomic mass is 32.1. The highest BCUT2D eigenvalue weighted by molar-refractivity contribution is 7.80. The van der Waals surface area contributed by atoms with Gasteiger partial charge in [-0.05, 0) is 35.6 Å². The Morgan fingerprint density at radius 3 is 2.84 bits per heavy atom. The summed E-state index contributed by atoms with van der Waals surface area (Å²) in [6.45, 7) is 2.76. The molecule has 3 nitrogen and oxygen atoms in total.